The highest BCUT2D eigenvalue weighted by molar-refractivity contribution is 5.15. The average Bonchev–Trinajstić information content (AvgIpc) is 2.32. The number of nitrogens with zero attached hydrogens (tertiary/aromatic N) is 2. The zero-order valence-corrected chi connectivity index (χ0v) is 4.13. The lowest BCUT2D eigenvalue weighted by Gasteiger charge is -1.94. The molecule has 44 valence electrons. The minimum absolute atomic E-state index is 0.152. The Balaban J connectivity index is 3.15. The third kappa shape index (κ3) is 0.665. The van der Waals surface area contributed by atoms with E-state index in [-0.39, 0.29) is 5.95 Å². The van der Waals surface area contributed by atoms with E-state index < -0.39 is 13.3 Å². The molecule has 0 bridgehead atoms. The van der Waals surface area contributed by atoms with Gasteiger partial charge in [-0.1, -0.05) is 0 Å². The molecule has 0 unspecified atom stereocenters. The highest BCUT2D eigenvalue weighted by atomic mass is 15.1. The van der Waals surface area contributed by atoms with Crippen LogP contribution >= 0.6 is 0 Å². The number of hydrogen-bond acceptors (Lipinski definition) is 2. The van der Waals surface area contributed by atoms with Gasteiger partial charge in [-0.15, -0.1) is 0 Å². The average molecular weight is 116 g/mol. The van der Waals surface area contributed by atoms with Crippen LogP contribution in [0.2, 0.25) is 0 Å². The largest absolute Gasteiger partial charge is 0.369 e. The third-order valence-electron chi connectivity index (χ3n) is 0.790. The van der Waals surface area contributed by atoms with Gasteiger partial charge in [0.15, 0.2) is 5.95 Å². The Labute approximate surface area is 55.2 Å². The first-order valence-electron chi connectivity index (χ1n) is 4.56. The summed E-state index contributed by atoms with van der Waals surface area (Å²) in [4.78, 5) is 3.55. The number of anilines is 1. The van der Waals surface area contributed by atoms with Crippen molar-refractivity contribution in [1.82, 2.24) is 9.55 Å². The summed E-state index contributed by atoms with van der Waals surface area (Å²) in [5.41, 5.74) is 5.29. The van der Waals surface area contributed by atoms with E-state index in [9.17, 15) is 0 Å². The Hall–Kier alpha value is -0.990. The molecule has 0 radical (unpaired) electrons. The van der Waals surface area contributed by atoms with E-state index in [1.165, 1.54) is 12.4 Å². The first kappa shape index (κ1) is 1.76. The lowest BCUT2D eigenvalue weighted by atomic mass is 10.7. The lowest BCUT2D eigenvalue weighted by Crippen LogP contribution is -1.98. The quantitative estimate of drug-likeness (QED) is 0.580. The first-order valence-corrected chi connectivity index (χ1v) is 2.06. The predicted molar refractivity (Wildman–Crippen MR) is 32.3 cm³/mol. The van der Waals surface area contributed by atoms with E-state index in [4.69, 9.17) is 12.6 Å². The van der Waals surface area contributed by atoms with Crippen molar-refractivity contribution in [3.05, 3.63) is 12.4 Å². The summed E-state index contributed by atoms with van der Waals surface area (Å²) in [6, 6.07) is 0. The molecule has 0 atom stereocenters. The van der Waals surface area contributed by atoms with Gasteiger partial charge in [-0.05, 0) is 6.85 Å². The Kier molecular flexibility index (Phi) is 0.408. The maximum absolute atomic E-state index is 7.32. The molecule has 0 aliphatic carbocycles. The lowest BCUT2D eigenvalue weighted by molar-refractivity contribution is 0.774. The molecular formula is C5H9N3. The molecule has 1 aromatic rings. The van der Waals surface area contributed by atoms with Crippen molar-refractivity contribution >= 4 is 5.95 Å². The van der Waals surface area contributed by atoms with E-state index >= 15 is 0 Å². The van der Waals surface area contributed by atoms with Crippen LogP contribution in [0.3, 0.4) is 0 Å². The van der Waals surface area contributed by atoms with Crippen molar-refractivity contribution in [3.8, 4) is 0 Å². The van der Waals surface area contributed by atoms with Crippen molar-refractivity contribution in [2.45, 2.75) is 13.3 Å². The molecule has 1 rings (SSSR count). The summed E-state index contributed by atoms with van der Waals surface area (Å²) in [5, 5.41) is 0. The Morgan fingerprint density at radius 1 is 2.25 bits per heavy atom. The van der Waals surface area contributed by atoms with E-state index in [1.54, 1.807) is 0 Å². The third-order valence-corrected chi connectivity index (χ3v) is 0.790. The van der Waals surface area contributed by atoms with Gasteiger partial charge in [0.25, 0.3) is 0 Å². The summed E-state index contributed by atoms with van der Waals surface area (Å²) >= 11 is 0. The van der Waals surface area contributed by atoms with Crippen molar-refractivity contribution in [2.24, 2.45) is 0 Å². The second-order valence-electron chi connectivity index (χ2n) is 1.27. The summed E-state index contributed by atoms with van der Waals surface area (Å²) < 4.78 is 36.3. The Morgan fingerprint density at radius 3 is 3.62 bits per heavy atom. The molecule has 1 heterocycles. The smallest absolute Gasteiger partial charge is 0.200 e. The predicted octanol–water partition coefficient (Wildman–Crippen LogP) is 0.485. The van der Waals surface area contributed by atoms with Crippen LogP contribution in [0.4, 0.5) is 5.95 Å². The SMILES string of the molecule is [2H]C([2H])([2H])C([2H])([2H])n1ccnc1N. The molecule has 3 nitrogen and oxygen atoms in total. The Bertz CT molecular complexity index is 301. The van der Waals surface area contributed by atoms with Gasteiger partial charge >= 0.3 is 0 Å². The number of nitrogen functional groups attached to an aromatic ring is 1. The van der Waals surface area contributed by atoms with E-state index in [0.717, 1.165) is 4.57 Å². The molecule has 8 heavy (non-hydrogen) atoms. The molecule has 0 aliphatic heterocycles. The van der Waals surface area contributed by atoms with Crippen LogP contribution in [0.15, 0.2) is 12.4 Å². The van der Waals surface area contributed by atoms with E-state index in [1.807, 2.05) is 0 Å². The zero-order valence-electron chi connectivity index (χ0n) is 9.13. The van der Waals surface area contributed by atoms with Gasteiger partial charge in [-0.2, -0.15) is 0 Å². The van der Waals surface area contributed by atoms with E-state index in [2.05, 4.69) is 4.98 Å². The maximum Gasteiger partial charge on any atom is 0.200 e. The van der Waals surface area contributed by atoms with Gasteiger partial charge in [-0.3, -0.25) is 0 Å². The maximum atomic E-state index is 7.32. The molecule has 0 aromatic carbocycles. The van der Waals surface area contributed by atoms with Crippen LogP contribution in [-0.4, -0.2) is 9.55 Å². The van der Waals surface area contributed by atoms with Gasteiger partial charge in [-0.25, -0.2) is 4.98 Å². The number of imidazole rings is 1. The summed E-state index contributed by atoms with van der Waals surface area (Å²) in [7, 11) is 0. The summed E-state index contributed by atoms with van der Waals surface area (Å²) in [5.74, 6) is -0.152. The summed E-state index contributed by atoms with van der Waals surface area (Å²) in [6.45, 7) is -5.28. The normalized spacial score (nSPS) is 22.2. The van der Waals surface area contributed by atoms with Gasteiger partial charge in [0.1, 0.15) is 0 Å². The van der Waals surface area contributed by atoms with Gasteiger partial charge in [0.05, 0.1) is 0 Å². The molecule has 0 saturated heterocycles. The standard InChI is InChI=1S/C5H9N3/c1-2-8-4-3-7-5(8)6/h3-4H,2H2,1H3,(H2,6,7)/i1D3,2D2. The van der Waals surface area contributed by atoms with Gasteiger partial charge < -0.3 is 10.3 Å². The Morgan fingerprint density at radius 2 is 3.12 bits per heavy atom. The van der Waals surface area contributed by atoms with Crippen molar-refractivity contribution in [3.63, 3.8) is 0 Å². The fraction of sp³-hybridized carbons (Fsp3) is 0.400. The van der Waals surface area contributed by atoms with Gasteiger partial charge in [0.2, 0.25) is 0 Å². The molecule has 0 saturated carbocycles. The molecular weight excluding hydrogens is 102 g/mol. The van der Waals surface area contributed by atoms with Crippen LogP contribution in [0.1, 0.15) is 13.7 Å². The van der Waals surface area contributed by atoms with Crippen molar-refractivity contribution < 1.29 is 6.85 Å². The fourth-order valence-electron chi connectivity index (χ4n) is 0.409. The molecule has 0 fully saturated rings. The fourth-order valence-corrected chi connectivity index (χ4v) is 0.409. The van der Waals surface area contributed by atoms with Crippen LogP contribution in [-0.2, 0) is 6.50 Å². The van der Waals surface area contributed by atoms with Crippen molar-refractivity contribution in [2.75, 3.05) is 5.73 Å². The topological polar surface area (TPSA) is 43.8 Å². The molecule has 0 amide bonds. The number of nitrogens with two attached hydrogens (primary N) is 1. The number of hydrogen-bond donors (Lipinski definition) is 1. The van der Waals surface area contributed by atoms with Crippen LogP contribution in [0, 0.1) is 0 Å². The number of aromatic nitrogens is 2. The zero-order chi connectivity index (χ0) is 10.3. The summed E-state index contributed by atoms with van der Waals surface area (Å²) in [6.07, 6.45) is 2.45. The second-order valence-corrected chi connectivity index (χ2v) is 1.27. The van der Waals surface area contributed by atoms with Crippen LogP contribution < -0.4 is 5.73 Å². The second kappa shape index (κ2) is 1.86. The number of aryl methyl sites for hydroxylation is 1. The molecule has 0 aliphatic rings. The molecule has 3 heteroatoms. The van der Waals surface area contributed by atoms with Gasteiger partial charge in [0, 0.05) is 25.7 Å². The van der Waals surface area contributed by atoms with Crippen LogP contribution in [0.25, 0.3) is 0 Å². The molecule has 2 N–H and O–H groups in total. The van der Waals surface area contributed by atoms with Crippen molar-refractivity contribution in [1.29, 1.82) is 0 Å². The van der Waals surface area contributed by atoms with E-state index in [0.29, 0.717) is 0 Å². The first-order chi connectivity index (χ1) is 5.77. The minimum atomic E-state index is -2.76. The number of rotatable bonds is 1. The highest BCUT2D eigenvalue weighted by Gasteiger charge is 1.89. The molecule has 0 spiro atoms. The highest BCUT2D eigenvalue weighted by Crippen LogP contribution is 1.95. The molecule has 1 aromatic heterocycles. The monoisotopic (exact) mass is 116 g/mol. The van der Waals surface area contributed by atoms with Crippen LogP contribution in [0.5, 0.6) is 0 Å². The minimum Gasteiger partial charge on any atom is -0.369 e.